The van der Waals surface area contributed by atoms with Gasteiger partial charge in [0.1, 0.15) is 34.7 Å². The highest BCUT2D eigenvalue weighted by atomic mass is 19.1. The lowest BCUT2D eigenvalue weighted by Gasteiger charge is -2.31. The van der Waals surface area contributed by atoms with Crippen molar-refractivity contribution in [1.82, 2.24) is 0 Å². The van der Waals surface area contributed by atoms with Gasteiger partial charge < -0.3 is 19.9 Å². The molecule has 0 aromatic heterocycles. The Bertz CT molecular complexity index is 1310. The average molecular weight is 463 g/mol. The van der Waals surface area contributed by atoms with Gasteiger partial charge in [-0.15, -0.1) is 0 Å². The number of epoxide rings is 1. The molecule has 0 spiro atoms. The third-order valence-electron chi connectivity index (χ3n) is 5.91. The van der Waals surface area contributed by atoms with Crippen LogP contribution >= 0.6 is 0 Å². The molecule has 2 atom stereocenters. The van der Waals surface area contributed by atoms with E-state index >= 15 is 0 Å². The quantitative estimate of drug-likeness (QED) is 0.449. The van der Waals surface area contributed by atoms with Crippen LogP contribution in [-0.4, -0.2) is 22.9 Å². The fourth-order valence-electron chi connectivity index (χ4n) is 4.23. The molecule has 2 aliphatic rings. The van der Waals surface area contributed by atoms with Crippen molar-refractivity contribution in [3.05, 3.63) is 100 Å². The Labute approximate surface area is 195 Å². The summed E-state index contributed by atoms with van der Waals surface area (Å²) in [6.45, 7) is 6.06. The van der Waals surface area contributed by atoms with E-state index in [0.29, 0.717) is 0 Å². The minimum atomic E-state index is -1.65. The Balaban J connectivity index is 1.41. The van der Waals surface area contributed by atoms with Crippen LogP contribution in [0.25, 0.3) is 5.57 Å². The van der Waals surface area contributed by atoms with E-state index in [1.165, 1.54) is 5.56 Å². The van der Waals surface area contributed by atoms with Crippen molar-refractivity contribution in [2.24, 2.45) is 0 Å². The summed E-state index contributed by atoms with van der Waals surface area (Å²) in [5, 5.41) is 11.8. The Morgan fingerprint density at radius 2 is 1.71 bits per heavy atom. The molecule has 2 N–H and O–H groups in total. The smallest absolute Gasteiger partial charge is 0.341 e. The van der Waals surface area contributed by atoms with Gasteiger partial charge in [-0.3, -0.25) is 0 Å². The minimum Gasteiger partial charge on any atom is -0.483 e. The number of aromatic carboxylic acids is 1. The topological polar surface area (TPSA) is 71.1 Å². The van der Waals surface area contributed by atoms with Gasteiger partial charge in [0.25, 0.3) is 0 Å². The molecule has 7 heteroatoms. The number of aryl methyl sites for hydroxylation is 1. The molecule has 0 saturated carbocycles. The van der Waals surface area contributed by atoms with Crippen LogP contribution in [0.3, 0.4) is 0 Å². The third-order valence-corrected chi connectivity index (χ3v) is 5.91. The predicted molar refractivity (Wildman–Crippen MR) is 124 cm³/mol. The molecule has 174 valence electrons. The van der Waals surface area contributed by atoms with Gasteiger partial charge >= 0.3 is 5.97 Å². The first-order valence-corrected chi connectivity index (χ1v) is 10.9. The molecule has 5 rings (SSSR count). The van der Waals surface area contributed by atoms with Crippen LogP contribution in [0, 0.1) is 18.6 Å². The number of nitrogens with one attached hydrogen (secondary N) is 1. The number of fused-ring (bicyclic) bond motifs is 1. The maximum absolute atomic E-state index is 14.0. The number of ether oxygens (including phenoxy) is 2. The molecule has 2 heterocycles. The second kappa shape index (κ2) is 7.95. The standard InChI is InChI=1S/C27H23F2NO4/c1-14-4-6-15(7-5-14)19-13-27(2,3)34-22-9-8-16(10-18(19)22)24-25(33-24)30-17-11-20(28)23(26(31)32)21(29)12-17/h4-13,24-25,30H,1-3H3,(H,31,32). The van der Waals surface area contributed by atoms with Crippen molar-refractivity contribution in [2.75, 3.05) is 5.32 Å². The first-order valence-electron chi connectivity index (χ1n) is 10.9. The summed E-state index contributed by atoms with van der Waals surface area (Å²) in [6.07, 6.45) is 1.27. The van der Waals surface area contributed by atoms with Gasteiger partial charge in [0.05, 0.1) is 0 Å². The molecule has 0 amide bonds. The van der Waals surface area contributed by atoms with Crippen LogP contribution in [0.1, 0.15) is 52.6 Å². The molecule has 5 nitrogen and oxygen atoms in total. The number of hydrogen-bond donors (Lipinski definition) is 2. The monoisotopic (exact) mass is 463 g/mol. The van der Waals surface area contributed by atoms with E-state index in [9.17, 15) is 13.6 Å². The van der Waals surface area contributed by atoms with Crippen molar-refractivity contribution in [3.63, 3.8) is 0 Å². The highest BCUT2D eigenvalue weighted by Crippen LogP contribution is 2.45. The number of halogens is 2. The van der Waals surface area contributed by atoms with Crippen LogP contribution in [0.15, 0.2) is 60.7 Å². The number of carboxylic acid groups (broad SMARTS) is 1. The molecule has 2 aliphatic heterocycles. The molecule has 0 bridgehead atoms. The molecule has 2 unspecified atom stereocenters. The van der Waals surface area contributed by atoms with Crippen molar-refractivity contribution >= 4 is 17.2 Å². The van der Waals surface area contributed by atoms with E-state index in [4.69, 9.17) is 14.6 Å². The number of anilines is 1. The molecular formula is C27H23F2NO4. The Morgan fingerprint density at radius 3 is 2.35 bits per heavy atom. The SMILES string of the molecule is Cc1ccc(C2=CC(C)(C)Oc3ccc(C4OC4Nc4cc(F)c(C(=O)O)c(F)c4)cc32)cc1. The van der Waals surface area contributed by atoms with Gasteiger partial charge in [0, 0.05) is 11.3 Å². The fourth-order valence-corrected chi connectivity index (χ4v) is 4.23. The van der Waals surface area contributed by atoms with Gasteiger partial charge in [0.15, 0.2) is 6.23 Å². The molecule has 3 aromatic carbocycles. The number of rotatable bonds is 5. The van der Waals surface area contributed by atoms with Gasteiger partial charge in [0.2, 0.25) is 0 Å². The average Bonchev–Trinajstić information content (AvgIpc) is 3.51. The first-order chi connectivity index (χ1) is 16.1. The number of carboxylic acids is 1. The Kier molecular flexibility index (Phi) is 5.17. The van der Waals surface area contributed by atoms with E-state index < -0.39 is 35.0 Å². The van der Waals surface area contributed by atoms with E-state index in [2.05, 4.69) is 35.7 Å². The van der Waals surface area contributed by atoms with Crippen molar-refractivity contribution < 1.29 is 28.2 Å². The lowest BCUT2D eigenvalue weighted by atomic mass is 9.88. The summed E-state index contributed by atoms with van der Waals surface area (Å²) in [5.41, 5.74) is 3.81. The van der Waals surface area contributed by atoms with Crippen LogP contribution in [0.2, 0.25) is 0 Å². The lowest BCUT2D eigenvalue weighted by Crippen LogP contribution is -2.29. The molecule has 0 radical (unpaired) electrons. The van der Waals surface area contributed by atoms with Crippen LogP contribution in [-0.2, 0) is 4.74 Å². The summed E-state index contributed by atoms with van der Waals surface area (Å²) in [6, 6.07) is 16.0. The molecule has 1 fully saturated rings. The number of carbonyl (C=O) groups is 1. The third kappa shape index (κ3) is 4.15. The Hall–Kier alpha value is -3.71. The largest absolute Gasteiger partial charge is 0.483 e. The zero-order chi connectivity index (χ0) is 24.2. The van der Waals surface area contributed by atoms with Crippen LogP contribution in [0.5, 0.6) is 5.75 Å². The van der Waals surface area contributed by atoms with Crippen molar-refractivity contribution in [2.45, 2.75) is 38.7 Å². The second-order valence-corrected chi connectivity index (χ2v) is 9.13. The van der Waals surface area contributed by atoms with Gasteiger partial charge in [-0.25, -0.2) is 13.6 Å². The summed E-state index contributed by atoms with van der Waals surface area (Å²) in [4.78, 5) is 11.0. The zero-order valence-electron chi connectivity index (χ0n) is 18.9. The van der Waals surface area contributed by atoms with Crippen molar-refractivity contribution in [3.8, 4) is 5.75 Å². The lowest BCUT2D eigenvalue weighted by molar-refractivity contribution is 0.0686. The summed E-state index contributed by atoms with van der Waals surface area (Å²) in [7, 11) is 0. The van der Waals surface area contributed by atoms with Crippen LogP contribution in [0.4, 0.5) is 14.5 Å². The normalized spacial score (nSPS) is 20.1. The van der Waals surface area contributed by atoms with Gasteiger partial charge in [-0.05, 0) is 67.8 Å². The van der Waals surface area contributed by atoms with Gasteiger partial charge in [-0.2, -0.15) is 0 Å². The minimum absolute atomic E-state index is 0.107. The number of benzene rings is 3. The number of hydrogen-bond acceptors (Lipinski definition) is 4. The summed E-state index contributed by atoms with van der Waals surface area (Å²) < 4.78 is 39.9. The van der Waals surface area contributed by atoms with E-state index in [1.54, 1.807) is 0 Å². The fraction of sp³-hybridized carbons (Fsp3) is 0.222. The highest BCUT2D eigenvalue weighted by molar-refractivity contribution is 5.89. The molecule has 34 heavy (non-hydrogen) atoms. The molecule has 3 aromatic rings. The maximum Gasteiger partial charge on any atom is 0.341 e. The van der Waals surface area contributed by atoms with Crippen molar-refractivity contribution in [1.29, 1.82) is 0 Å². The second-order valence-electron chi connectivity index (χ2n) is 9.13. The van der Waals surface area contributed by atoms with E-state index in [-0.39, 0.29) is 11.8 Å². The maximum atomic E-state index is 14.0. The van der Waals surface area contributed by atoms with E-state index in [1.807, 2.05) is 39.0 Å². The van der Waals surface area contributed by atoms with Crippen LogP contribution < -0.4 is 10.1 Å². The molecule has 1 saturated heterocycles. The summed E-state index contributed by atoms with van der Waals surface area (Å²) >= 11 is 0. The Morgan fingerprint density at radius 1 is 1.03 bits per heavy atom. The highest BCUT2D eigenvalue weighted by Gasteiger charge is 2.41. The molecule has 0 aliphatic carbocycles. The predicted octanol–water partition coefficient (Wildman–Crippen LogP) is 6.08. The van der Waals surface area contributed by atoms with E-state index in [0.717, 1.165) is 40.1 Å². The summed E-state index contributed by atoms with van der Waals surface area (Å²) in [5.74, 6) is -3.17. The molecular weight excluding hydrogens is 440 g/mol. The first kappa shape index (κ1) is 22.1. The zero-order valence-corrected chi connectivity index (χ0v) is 18.9. The van der Waals surface area contributed by atoms with Gasteiger partial charge in [-0.1, -0.05) is 35.9 Å².